The van der Waals surface area contributed by atoms with Crippen LogP contribution in [0.3, 0.4) is 0 Å². The molecule has 0 bridgehead atoms. The smallest absolute Gasteiger partial charge is 0.246 e. The molecule has 9 heteroatoms. The van der Waals surface area contributed by atoms with Crippen LogP contribution >= 0.6 is 11.8 Å². The Morgan fingerprint density at radius 1 is 1.13 bits per heavy atom. The van der Waals surface area contributed by atoms with Gasteiger partial charge in [0.15, 0.2) is 0 Å². The standard InChI is InChI=1S/C22H27N3O4S2/c1-17-9-10-25(20-7-2-3-8-21(20)30-17)22(26)16-23-18-5-4-6-19(15-18)31(27,28)24-11-13-29-14-12-24/h2-8,15,17,23H,9-14,16H2,1H3/t17-/m1/s1. The summed E-state index contributed by atoms with van der Waals surface area (Å²) in [6.07, 6.45) is 0.915. The highest BCUT2D eigenvalue weighted by atomic mass is 32.2. The summed E-state index contributed by atoms with van der Waals surface area (Å²) in [6.45, 7) is 4.44. The van der Waals surface area contributed by atoms with Gasteiger partial charge in [-0.15, -0.1) is 11.8 Å². The van der Waals surface area contributed by atoms with Crippen molar-refractivity contribution in [3.8, 4) is 0 Å². The summed E-state index contributed by atoms with van der Waals surface area (Å²) in [6, 6.07) is 14.6. The monoisotopic (exact) mass is 461 g/mol. The maximum Gasteiger partial charge on any atom is 0.246 e. The summed E-state index contributed by atoms with van der Waals surface area (Å²) in [4.78, 5) is 16.2. The van der Waals surface area contributed by atoms with Gasteiger partial charge in [-0.2, -0.15) is 4.31 Å². The third kappa shape index (κ3) is 5.06. The van der Waals surface area contributed by atoms with Gasteiger partial charge in [-0.3, -0.25) is 4.79 Å². The van der Waals surface area contributed by atoms with E-state index in [9.17, 15) is 13.2 Å². The van der Waals surface area contributed by atoms with Crippen molar-refractivity contribution in [1.29, 1.82) is 0 Å². The Morgan fingerprint density at radius 3 is 2.71 bits per heavy atom. The molecule has 31 heavy (non-hydrogen) atoms. The average Bonchev–Trinajstić information content (AvgIpc) is 2.96. The number of carbonyl (C=O) groups excluding carboxylic acids is 1. The fourth-order valence-corrected chi connectivity index (χ4v) is 6.29. The van der Waals surface area contributed by atoms with Crippen molar-refractivity contribution in [3.63, 3.8) is 0 Å². The number of fused-ring (bicyclic) bond motifs is 1. The highest BCUT2D eigenvalue weighted by Gasteiger charge is 2.27. The van der Waals surface area contributed by atoms with E-state index in [0.29, 0.717) is 43.8 Å². The molecule has 166 valence electrons. The van der Waals surface area contributed by atoms with Gasteiger partial charge >= 0.3 is 0 Å². The van der Waals surface area contributed by atoms with E-state index in [1.54, 1.807) is 36.0 Å². The first kappa shape index (κ1) is 22.1. The topological polar surface area (TPSA) is 79.0 Å². The van der Waals surface area contributed by atoms with Gasteiger partial charge in [0.05, 0.1) is 30.3 Å². The molecule has 2 aromatic rings. The van der Waals surface area contributed by atoms with Crippen LogP contribution in [0.1, 0.15) is 13.3 Å². The lowest BCUT2D eigenvalue weighted by Crippen LogP contribution is -2.40. The number of nitrogens with one attached hydrogen (secondary N) is 1. The number of morpholine rings is 1. The van der Waals surface area contributed by atoms with Crippen LogP contribution < -0.4 is 10.2 Å². The van der Waals surface area contributed by atoms with Crippen molar-refractivity contribution in [1.82, 2.24) is 4.31 Å². The maximum atomic E-state index is 13.0. The number of hydrogen-bond acceptors (Lipinski definition) is 6. The molecule has 0 radical (unpaired) electrons. The lowest BCUT2D eigenvalue weighted by atomic mass is 10.2. The van der Waals surface area contributed by atoms with Crippen LogP contribution in [0.5, 0.6) is 0 Å². The Kier molecular flexibility index (Phi) is 6.86. The number of sulfonamides is 1. The van der Waals surface area contributed by atoms with Gasteiger partial charge in [-0.05, 0) is 36.8 Å². The van der Waals surface area contributed by atoms with E-state index in [0.717, 1.165) is 17.0 Å². The summed E-state index contributed by atoms with van der Waals surface area (Å²) >= 11 is 1.79. The zero-order valence-electron chi connectivity index (χ0n) is 17.5. The summed E-state index contributed by atoms with van der Waals surface area (Å²) in [5.41, 5.74) is 1.54. The molecule has 0 unspecified atom stereocenters. The lowest BCUT2D eigenvalue weighted by Gasteiger charge is -2.26. The van der Waals surface area contributed by atoms with E-state index < -0.39 is 10.0 Å². The second kappa shape index (κ2) is 9.60. The number of anilines is 2. The minimum atomic E-state index is -3.58. The van der Waals surface area contributed by atoms with Gasteiger partial charge in [-0.25, -0.2) is 8.42 Å². The minimum Gasteiger partial charge on any atom is -0.379 e. The molecule has 0 saturated carbocycles. The van der Waals surface area contributed by atoms with Crippen LogP contribution in [0.15, 0.2) is 58.3 Å². The number of rotatable bonds is 5. The number of carbonyl (C=O) groups is 1. The number of amides is 1. The Labute approximate surface area is 187 Å². The third-order valence-corrected chi connectivity index (χ3v) is 8.56. The van der Waals surface area contributed by atoms with Gasteiger partial charge in [0.1, 0.15) is 0 Å². The van der Waals surface area contributed by atoms with E-state index in [4.69, 9.17) is 4.74 Å². The normalized spacial score (nSPS) is 20.0. The molecule has 7 nitrogen and oxygen atoms in total. The third-order valence-electron chi connectivity index (χ3n) is 5.43. The molecule has 1 N–H and O–H groups in total. The number of nitrogens with zero attached hydrogens (tertiary/aromatic N) is 2. The first-order chi connectivity index (χ1) is 14.9. The van der Waals surface area contributed by atoms with E-state index in [-0.39, 0.29) is 17.3 Å². The molecular weight excluding hydrogens is 434 g/mol. The van der Waals surface area contributed by atoms with Crippen LogP contribution in [0.25, 0.3) is 0 Å². The molecule has 2 aliphatic heterocycles. The second-order valence-corrected chi connectivity index (χ2v) is 11.0. The SMILES string of the molecule is C[C@@H]1CCN(C(=O)CNc2cccc(S(=O)(=O)N3CCOCC3)c2)c2ccccc2S1. The number of hydrogen-bond donors (Lipinski definition) is 1. The van der Waals surface area contributed by atoms with Crippen molar-refractivity contribution in [2.45, 2.75) is 28.4 Å². The molecule has 2 aromatic carbocycles. The largest absolute Gasteiger partial charge is 0.379 e. The average molecular weight is 462 g/mol. The molecule has 1 amide bonds. The first-order valence-electron chi connectivity index (χ1n) is 10.4. The Hall–Kier alpha value is -2.07. The molecule has 2 heterocycles. The number of benzene rings is 2. The van der Waals surface area contributed by atoms with Crippen molar-refractivity contribution < 1.29 is 17.9 Å². The summed E-state index contributed by atoms with van der Waals surface area (Å²) < 4.78 is 32.5. The fourth-order valence-electron chi connectivity index (χ4n) is 3.72. The van der Waals surface area contributed by atoms with Crippen molar-refractivity contribution in [2.24, 2.45) is 0 Å². The van der Waals surface area contributed by atoms with Crippen LogP contribution in [0.4, 0.5) is 11.4 Å². The predicted octanol–water partition coefficient (Wildman–Crippen LogP) is 3.04. The minimum absolute atomic E-state index is 0.0383. The van der Waals surface area contributed by atoms with Crippen LogP contribution in [-0.4, -0.2) is 63.3 Å². The second-order valence-electron chi connectivity index (χ2n) is 7.63. The van der Waals surface area contributed by atoms with Crippen molar-refractivity contribution in [2.75, 3.05) is 49.6 Å². The van der Waals surface area contributed by atoms with Crippen LogP contribution in [-0.2, 0) is 19.6 Å². The van der Waals surface area contributed by atoms with Gasteiger partial charge in [-0.1, -0.05) is 25.1 Å². The quantitative estimate of drug-likeness (QED) is 0.737. The zero-order valence-corrected chi connectivity index (χ0v) is 19.1. The predicted molar refractivity (Wildman–Crippen MR) is 123 cm³/mol. The zero-order chi connectivity index (χ0) is 21.8. The molecule has 0 aromatic heterocycles. The van der Waals surface area contributed by atoms with Crippen molar-refractivity contribution >= 4 is 39.1 Å². The summed E-state index contributed by atoms with van der Waals surface area (Å²) in [5, 5.41) is 3.55. The Morgan fingerprint density at radius 2 is 1.90 bits per heavy atom. The highest BCUT2D eigenvalue weighted by Crippen LogP contribution is 2.37. The molecular formula is C22H27N3O4S2. The van der Waals surface area contributed by atoms with Gasteiger partial charge in [0, 0.05) is 35.5 Å². The van der Waals surface area contributed by atoms with Gasteiger partial charge in [0.2, 0.25) is 15.9 Å². The van der Waals surface area contributed by atoms with Crippen molar-refractivity contribution in [3.05, 3.63) is 48.5 Å². The van der Waals surface area contributed by atoms with Gasteiger partial charge < -0.3 is 15.0 Å². The maximum absolute atomic E-state index is 13.0. The fraction of sp³-hybridized carbons (Fsp3) is 0.409. The summed E-state index contributed by atoms with van der Waals surface area (Å²) in [5.74, 6) is -0.0383. The molecule has 1 saturated heterocycles. The molecule has 2 aliphatic rings. The summed E-state index contributed by atoms with van der Waals surface area (Å²) in [7, 11) is -3.58. The first-order valence-corrected chi connectivity index (χ1v) is 12.7. The number of thioether (sulfide) groups is 1. The van der Waals surface area contributed by atoms with E-state index in [1.807, 2.05) is 23.1 Å². The lowest BCUT2D eigenvalue weighted by molar-refractivity contribution is -0.117. The van der Waals surface area contributed by atoms with E-state index in [1.165, 1.54) is 4.31 Å². The number of ether oxygens (including phenoxy) is 1. The Balaban J connectivity index is 1.46. The highest BCUT2D eigenvalue weighted by molar-refractivity contribution is 8.00. The number of para-hydroxylation sites is 1. The molecule has 1 atom stereocenters. The molecule has 0 aliphatic carbocycles. The van der Waals surface area contributed by atoms with E-state index in [2.05, 4.69) is 18.3 Å². The van der Waals surface area contributed by atoms with E-state index >= 15 is 0 Å². The van der Waals surface area contributed by atoms with Crippen LogP contribution in [0, 0.1) is 0 Å². The van der Waals surface area contributed by atoms with Crippen LogP contribution in [0.2, 0.25) is 0 Å². The van der Waals surface area contributed by atoms with Gasteiger partial charge in [0.25, 0.3) is 0 Å². The molecule has 0 spiro atoms. The molecule has 1 fully saturated rings. The Bertz CT molecular complexity index is 1040. The molecule has 4 rings (SSSR count).